The maximum absolute atomic E-state index is 12.9. The van der Waals surface area contributed by atoms with Crippen molar-refractivity contribution in [2.24, 2.45) is 0 Å². The van der Waals surface area contributed by atoms with Crippen molar-refractivity contribution in [2.45, 2.75) is 18.7 Å². The second-order valence-corrected chi connectivity index (χ2v) is 8.42. The number of carbonyl (C=O) groups excluding carboxylic acids is 2. The van der Waals surface area contributed by atoms with Gasteiger partial charge in [0.2, 0.25) is 11.8 Å². The van der Waals surface area contributed by atoms with Crippen LogP contribution in [0.4, 0.5) is 10.1 Å². The SMILES string of the molecule is CC(SCC(=O)Nc1ccc(F)cc1)C(=O)N1CCN(Cc2ccccc2)CC1. The van der Waals surface area contributed by atoms with Crippen LogP contribution in [0.3, 0.4) is 0 Å². The largest absolute Gasteiger partial charge is 0.339 e. The van der Waals surface area contributed by atoms with Crippen molar-refractivity contribution in [3.8, 4) is 0 Å². The van der Waals surface area contributed by atoms with E-state index in [1.165, 1.54) is 41.6 Å². The third kappa shape index (κ3) is 6.58. The molecule has 1 atom stereocenters. The molecule has 1 saturated heterocycles. The summed E-state index contributed by atoms with van der Waals surface area (Å²) in [4.78, 5) is 29.0. The van der Waals surface area contributed by atoms with Gasteiger partial charge in [0.1, 0.15) is 5.82 Å². The average Bonchev–Trinajstić information content (AvgIpc) is 2.74. The minimum absolute atomic E-state index is 0.0731. The Hall–Kier alpha value is -2.38. The van der Waals surface area contributed by atoms with Crippen LogP contribution in [0, 0.1) is 5.82 Å². The number of piperazine rings is 1. The average molecular weight is 416 g/mol. The zero-order valence-electron chi connectivity index (χ0n) is 16.5. The van der Waals surface area contributed by atoms with Gasteiger partial charge >= 0.3 is 0 Å². The highest BCUT2D eigenvalue weighted by Gasteiger charge is 2.25. The van der Waals surface area contributed by atoms with Crippen LogP contribution in [0.25, 0.3) is 0 Å². The highest BCUT2D eigenvalue weighted by Crippen LogP contribution is 2.17. The van der Waals surface area contributed by atoms with Crippen LogP contribution >= 0.6 is 11.8 Å². The first-order valence-electron chi connectivity index (χ1n) is 9.73. The summed E-state index contributed by atoms with van der Waals surface area (Å²) < 4.78 is 12.9. The molecule has 1 fully saturated rings. The van der Waals surface area contributed by atoms with Crippen molar-refractivity contribution in [1.29, 1.82) is 0 Å². The summed E-state index contributed by atoms with van der Waals surface area (Å²) in [5.74, 6) is -0.295. The first-order chi connectivity index (χ1) is 14.0. The van der Waals surface area contributed by atoms with Gasteiger partial charge in [0, 0.05) is 38.4 Å². The fourth-order valence-electron chi connectivity index (χ4n) is 3.23. The molecule has 3 rings (SSSR count). The Bertz CT molecular complexity index is 809. The molecule has 2 aromatic carbocycles. The summed E-state index contributed by atoms with van der Waals surface area (Å²) in [7, 11) is 0. The highest BCUT2D eigenvalue weighted by molar-refractivity contribution is 8.01. The van der Waals surface area contributed by atoms with Crippen molar-refractivity contribution in [1.82, 2.24) is 9.80 Å². The van der Waals surface area contributed by atoms with E-state index in [0.29, 0.717) is 18.8 Å². The Labute approximate surface area is 175 Å². The third-order valence-electron chi connectivity index (χ3n) is 4.87. The molecule has 2 aromatic rings. The topological polar surface area (TPSA) is 52.7 Å². The van der Waals surface area contributed by atoms with Crippen LogP contribution < -0.4 is 5.32 Å². The highest BCUT2D eigenvalue weighted by atomic mass is 32.2. The molecule has 1 aliphatic heterocycles. The number of rotatable bonds is 7. The van der Waals surface area contributed by atoms with E-state index in [1.54, 1.807) is 0 Å². The predicted molar refractivity (Wildman–Crippen MR) is 115 cm³/mol. The molecule has 2 amide bonds. The van der Waals surface area contributed by atoms with Crippen LogP contribution in [0.5, 0.6) is 0 Å². The molecule has 29 heavy (non-hydrogen) atoms. The monoisotopic (exact) mass is 415 g/mol. The number of nitrogens with one attached hydrogen (secondary N) is 1. The lowest BCUT2D eigenvalue weighted by atomic mass is 10.2. The maximum Gasteiger partial charge on any atom is 0.235 e. The molecule has 0 aliphatic carbocycles. The van der Waals surface area contributed by atoms with Gasteiger partial charge in [0.15, 0.2) is 0 Å². The van der Waals surface area contributed by atoms with Gasteiger partial charge in [0.05, 0.1) is 11.0 Å². The first kappa shape index (κ1) is 21.3. The predicted octanol–water partition coefficient (Wildman–Crippen LogP) is 3.23. The second kappa shape index (κ2) is 10.4. The van der Waals surface area contributed by atoms with Crippen LogP contribution in [0.2, 0.25) is 0 Å². The standard InChI is InChI=1S/C22H26FN3O2S/c1-17(29-16-21(27)24-20-9-7-19(23)8-10-20)22(28)26-13-11-25(12-14-26)15-18-5-3-2-4-6-18/h2-10,17H,11-16H2,1H3,(H,24,27). The van der Waals surface area contributed by atoms with E-state index in [1.807, 2.05) is 30.0 Å². The number of halogens is 1. The smallest absolute Gasteiger partial charge is 0.235 e. The summed E-state index contributed by atoms with van der Waals surface area (Å²) in [5, 5.41) is 2.43. The zero-order valence-corrected chi connectivity index (χ0v) is 17.3. The van der Waals surface area contributed by atoms with Crippen molar-refractivity contribution in [3.05, 3.63) is 66.0 Å². The zero-order chi connectivity index (χ0) is 20.6. The van der Waals surface area contributed by atoms with Crippen molar-refractivity contribution in [3.63, 3.8) is 0 Å². The molecule has 0 bridgehead atoms. The Morgan fingerprint density at radius 1 is 1.03 bits per heavy atom. The van der Waals surface area contributed by atoms with Crippen molar-refractivity contribution < 1.29 is 14.0 Å². The summed E-state index contributed by atoms with van der Waals surface area (Å²) in [6.45, 7) is 5.86. The number of amides is 2. The Morgan fingerprint density at radius 2 is 1.69 bits per heavy atom. The second-order valence-electron chi connectivity index (χ2n) is 7.10. The molecular formula is C22H26FN3O2S. The molecule has 0 aromatic heterocycles. The van der Waals surface area contributed by atoms with E-state index in [-0.39, 0.29) is 28.6 Å². The van der Waals surface area contributed by atoms with Crippen LogP contribution in [0.1, 0.15) is 12.5 Å². The number of nitrogens with zero attached hydrogens (tertiary/aromatic N) is 2. The van der Waals surface area contributed by atoms with Gasteiger partial charge in [-0.25, -0.2) is 4.39 Å². The molecule has 5 nitrogen and oxygen atoms in total. The van der Waals surface area contributed by atoms with Gasteiger partial charge in [-0.1, -0.05) is 30.3 Å². The molecule has 7 heteroatoms. The number of hydrogen-bond acceptors (Lipinski definition) is 4. The number of thioether (sulfide) groups is 1. The number of carbonyl (C=O) groups is 2. The minimum Gasteiger partial charge on any atom is -0.339 e. The van der Waals surface area contributed by atoms with Gasteiger partial charge in [-0.15, -0.1) is 11.8 Å². The number of hydrogen-bond donors (Lipinski definition) is 1. The van der Waals surface area contributed by atoms with E-state index < -0.39 is 0 Å². The van der Waals surface area contributed by atoms with E-state index in [2.05, 4.69) is 22.3 Å². The van der Waals surface area contributed by atoms with E-state index in [9.17, 15) is 14.0 Å². The summed E-state index contributed by atoms with van der Waals surface area (Å²) >= 11 is 1.32. The van der Waals surface area contributed by atoms with Crippen molar-refractivity contribution in [2.75, 3.05) is 37.2 Å². The first-order valence-corrected chi connectivity index (χ1v) is 10.8. The van der Waals surface area contributed by atoms with Crippen LogP contribution in [0.15, 0.2) is 54.6 Å². The molecule has 1 N–H and O–H groups in total. The molecule has 1 aliphatic rings. The summed E-state index contributed by atoms with van der Waals surface area (Å²) in [5.41, 5.74) is 1.83. The summed E-state index contributed by atoms with van der Waals surface area (Å²) in [6, 6.07) is 16.0. The van der Waals surface area contributed by atoms with Gasteiger partial charge in [-0.3, -0.25) is 14.5 Å². The molecule has 1 unspecified atom stereocenters. The number of benzene rings is 2. The quantitative estimate of drug-likeness (QED) is 0.754. The van der Waals surface area contributed by atoms with E-state index >= 15 is 0 Å². The van der Waals surface area contributed by atoms with Crippen LogP contribution in [-0.4, -0.2) is 58.8 Å². The Morgan fingerprint density at radius 3 is 2.34 bits per heavy atom. The molecule has 1 heterocycles. The lowest BCUT2D eigenvalue weighted by Crippen LogP contribution is -2.50. The maximum atomic E-state index is 12.9. The molecule has 0 spiro atoms. The lowest BCUT2D eigenvalue weighted by molar-refractivity contribution is -0.132. The summed E-state index contributed by atoms with van der Waals surface area (Å²) in [6.07, 6.45) is 0. The third-order valence-corrected chi connectivity index (χ3v) is 6.00. The molecule has 154 valence electrons. The fraction of sp³-hybridized carbons (Fsp3) is 0.364. The lowest BCUT2D eigenvalue weighted by Gasteiger charge is -2.35. The van der Waals surface area contributed by atoms with Crippen molar-refractivity contribution >= 4 is 29.3 Å². The molecular weight excluding hydrogens is 389 g/mol. The van der Waals surface area contributed by atoms with Crippen LogP contribution in [-0.2, 0) is 16.1 Å². The van der Waals surface area contributed by atoms with Gasteiger partial charge in [0.25, 0.3) is 0 Å². The van der Waals surface area contributed by atoms with E-state index in [4.69, 9.17) is 0 Å². The molecule has 0 radical (unpaired) electrons. The van der Waals surface area contributed by atoms with Gasteiger partial charge in [-0.05, 0) is 36.8 Å². The number of anilines is 1. The van der Waals surface area contributed by atoms with E-state index in [0.717, 1.165) is 19.6 Å². The minimum atomic E-state index is -0.347. The Balaban J connectivity index is 1.38. The fourth-order valence-corrected chi connectivity index (χ4v) is 3.99. The van der Waals surface area contributed by atoms with Gasteiger partial charge < -0.3 is 10.2 Å². The normalized spacial score (nSPS) is 15.7. The molecule has 0 saturated carbocycles. The Kier molecular flexibility index (Phi) is 7.66. The van der Waals surface area contributed by atoms with Gasteiger partial charge in [-0.2, -0.15) is 0 Å².